The molecule has 38 heavy (non-hydrogen) atoms. The average Bonchev–Trinajstić information content (AvgIpc) is 3.28. The van der Waals surface area contributed by atoms with Gasteiger partial charge in [-0.25, -0.2) is 27.3 Å². The number of carbonyl (C=O) groups excluding carboxylic acids is 1. The van der Waals surface area contributed by atoms with Gasteiger partial charge in [-0.1, -0.05) is 24.6 Å². The molecule has 13 heteroatoms. The van der Waals surface area contributed by atoms with Crippen molar-refractivity contribution < 1.29 is 26.4 Å². The van der Waals surface area contributed by atoms with Crippen LogP contribution in [0, 0.1) is 6.92 Å². The summed E-state index contributed by atoms with van der Waals surface area (Å²) in [7, 11) is -4.00. The Morgan fingerprint density at radius 1 is 1.05 bits per heavy atom. The highest BCUT2D eigenvalue weighted by Crippen LogP contribution is 2.31. The molecule has 2 N–H and O–H groups in total. The number of halogens is 3. The van der Waals surface area contributed by atoms with Crippen LogP contribution in [0.4, 0.5) is 19.0 Å². The summed E-state index contributed by atoms with van der Waals surface area (Å²) in [5.41, 5.74) is 0.0485. The van der Waals surface area contributed by atoms with Crippen LogP contribution < -0.4 is 10.6 Å². The predicted molar refractivity (Wildman–Crippen MR) is 136 cm³/mol. The lowest BCUT2D eigenvalue weighted by Gasteiger charge is -2.29. The molecule has 9 nitrogen and oxygen atoms in total. The fourth-order valence-electron chi connectivity index (χ4n) is 3.74. The summed E-state index contributed by atoms with van der Waals surface area (Å²) in [5.74, 6) is -0.532. The van der Waals surface area contributed by atoms with Crippen LogP contribution in [0.2, 0.25) is 0 Å². The van der Waals surface area contributed by atoms with Crippen LogP contribution in [-0.4, -0.2) is 51.5 Å². The Kier molecular flexibility index (Phi) is 7.15. The zero-order valence-corrected chi connectivity index (χ0v) is 21.6. The molecule has 0 radical (unpaired) electrons. The van der Waals surface area contributed by atoms with E-state index in [-0.39, 0.29) is 28.6 Å². The van der Waals surface area contributed by atoms with E-state index in [1.54, 1.807) is 31.2 Å². The second kappa shape index (κ2) is 10.0. The highest BCUT2D eigenvalue weighted by atomic mass is 32.2. The molecule has 0 aliphatic rings. The summed E-state index contributed by atoms with van der Waals surface area (Å²) in [6, 6.07) is 11.2. The maximum Gasteiger partial charge on any atom is 0.405 e. The second-order valence-electron chi connectivity index (χ2n) is 8.91. The Bertz CT molecular complexity index is 1590. The van der Waals surface area contributed by atoms with E-state index in [4.69, 9.17) is 0 Å². The van der Waals surface area contributed by atoms with Crippen molar-refractivity contribution in [3.63, 3.8) is 0 Å². The molecule has 1 atom stereocenters. The molecule has 0 aliphatic carbocycles. The summed E-state index contributed by atoms with van der Waals surface area (Å²) in [4.78, 5) is 25.6. The van der Waals surface area contributed by atoms with Crippen molar-refractivity contribution in [1.82, 2.24) is 24.2 Å². The number of amides is 1. The largest absolute Gasteiger partial charge is 0.405 e. The van der Waals surface area contributed by atoms with Gasteiger partial charge in [-0.15, -0.1) is 0 Å². The van der Waals surface area contributed by atoms with Gasteiger partial charge < -0.3 is 10.6 Å². The predicted octanol–water partition coefficient (Wildman–Crippen LogP) is 4.30. The normalized spacial score (nSPS) is 13.7. The monoisotopic (exact) mass is 546 g/mol. The lowest BCUT2D eigenvalue weighted by molar-refractivity contribution is -0.140. The van der Waals surface area contributed by atoms with Crippen LogP contribution in [0.1, 0.15) is 25.8 Å². The minimum atomic E-state index is -4.55. The number of rotatable bonds is 8. The van der Waals surface area contributed by atoms with Crippen molar-refractivity contribution in [1.29, 1.82) is 0 Å². The van der Waals surface area contributed by atoms with E-state index in [0.717, 1.165) is 9.54 Å². The van der Waals surface area contributed by atoms with Gasteiger partial charge in [-0.05, 0) is 50.6 Å². The van der Waals surface area contributed by atoms with Gasteiger partial charge in [0.25, 0.3) is 10.0 Å². The smallest absolute Gasteiger partial charge is 0.356 e. The molecule has 3 heterocycles. The summed E-state index contributed by atoms with van der Waals surface area (Å²) in [5, 5.41) is 5.27. The third-order valence-corrected chi connectivity index (χ3v) is 7.73. The minimum Gasteiger partial charge on any atom is -0.356 e. The molecule has 200 valence electrons. The number of hydrogen-bond donors (Lipinski definition) is 2. The SMILES string of the molecule is CCC(C)(Nc1ccnc(-c2cn(S(=O)(=O)c3ccc(C)cc3)c3ncccc23)n1)C(=O)NCC(F)(F)F. The van der Waals surface area contributed by atoms with Crippen molar-refractivity contribution in [3.8, 4) is 11.4 Å². The van der Waals surface area contributed by atoms with Crippen LogP contribution >= 0.6 is 0 Å². The van der Waals surface area contributed by atoms with Gasteiger partial charge in [0.2, 0.25) is 5.91 Å². The number of hydrogen-bond acceptors (Lipinski definition) is 7. The molecule has 1 amide bonds. The summed E-state index contributed by atoms with van der Waals surface area (Å²) in [6.07, 6.45) is -0.136. The van der Waals surface area contributed by atoms with E-state index >= 15 is 0 Å². The van der Waals surface area contributed by atoms with Crippen molar-refractivity contribution in [2.24, 2.45) is 0 Å². The first kappa shape index (κ1) is 27.0. The fourth-order valence-corrected chi connectivity index (χ4v) is 5.06. The van der Waals surface area contributed by atoms with Gasteiger partial charge in [-0.2, -0.15) is 13.2 Å². The quantitative estimate of drug-likeness (QED) is 0.338. The Hall–Kier alpha value is -4.00. The first-order valence-electron chi connectivity index (χ1n) is 11.6. The van der Waals surface area contributed by atoms with Gasteiger partial charge in [-0.3, -0.25) is 4.79 Å². The molecule has 0 saturated heterocycles. The third-order valence-electron chi connectivity index (χ3n) is 6.07. The average molecular weight is 547 g/mol. The summed E-state index contributed by atoms with van der Waals surface area (Å²) in [6.45, 7) is 3.50. The van der Waals surface area contributed by atoms with Gasteiger partial charge in [0.15, 0.2) is 11.5 Å². The van der Waals surface area contributed by atoms with E-state index in [1.807, 2.05) is 12.2 Å². The molecule has 3 aromatic heterocycles. The topological polar surface area (TPSA) is 119 Å². The maximum atomic E-state index is 13.4. The van der Waals surface area contributed by atoms with E-state index in [1.165, 1.54) is 43.7 Å². The van der Waals surface area contributed by atoms with E-state index in [9.17, 15) is 26.4 Å². The highest BCUT2D eigenvalue weighted by molar-refractivity contribution is 7.90. The van der Waals surface area contributed by atoms with Crippen molar-refractivity contribution in [2.45, 2.75) is 43.8 Å². The van der Waals surface area contributed by atoms with E-state index < -0.39 is 34.2 Å². The standard InChI is InChI=1S/C25H25F3N6O3S/c1-4-24(3,23(35)31-15-25(26,27)28)33-20-11-13-29-21(32-20)19-14-34(22-18(19)6-5-12-30-22)38(36,37)17-9-7-16(2)8-10-17/h5-14H,4,15H2,1-3H3,(H,31,35)(H,29,32,33). The number of pyridine rings is 1. The first-order chi connectivity index (χ1) is 17.8. The molecule has 1 aromatic carbocycles. The maximum absolute atomic E-state index is 13.4. The summed E-state index contributed by atoms with van der Waals surface area (Å²) < 4.78 is 65.8. The Morgan fingerprint density at radius 2 is 1.76 bits per heavy atom. The molecule has 4 aromatic rings. The molecule has 0 bridgehead atoms. The molecule has 0 fully saturated rings. The number of alkyl halides is 3. The number of carbonyl (C=O) groups is 1. The van der Waals surface area contributed by atoms with Crippen LogP contribution in [0.3, 0.4) is 0 Å². The Morgan fingerprint density at radius 3 is 2.42 bits per heavy atom. The van der Waals surface area contributed by atoms with Crippen LogP contribution in [0.15, 0.2) is 66.0 Å². The van der Waals surface area contributed by atoms with Crippen LogP contribution in [0.25, 0.3) is 22.4 Å². The van der Waals surface area contributed by atoms with Gasteiger partial charge >= 0.3 is 6.18 Å². The molecule has 4 rings (SSSR count). The van der Waals surface area contributed by atoms with Crippen LogP contribution in [0.5, 0.6) is 0 Å². The fraction of sp³-hybridized carbons (Fsp3) is 0.280. The van der Waals surface area contributed by atoms with Crippen molar-refractivity contribution in [2.75, 3.05) is 11.9 Å². The zero-order valence-electron chi connectivity index (χ0n) is 20.7. The number of fused-ring (bicyclic) bond motifs is 1. The molecule has 0 aliphatic heterocycles. The van der Waals surface area contributed by atoms with Crippen molar-refractivity contribution in [3.05, 3.63) is 66.6 Å². The van der Waals surface area contributed by atoms with E-state index in [2.05, 4.69) is 20.3 Å². The molecular weight excluding hydrogens is 521 g/mol. The number of benzene rings is 1. The number of aryl methyl sites for hydroxylation is 1. The number of nitrogens with zero attached hydrogens (tertiary/aromatic N) is 4. The van der Waals surface area contributed by atoms with E-state index in [0.29, 0.717) is 10.9 Å². The van der Waals surface area contributed by atoms with Crippen LogP contribution in [-0.2, 0) is 14.8 Å². The zero-order chi connectivity index (χ0) is 27.7. The highest BCUT2D eigenvalue weighted by Gasteiger charge is 2.35. The Labute approximate surface area is 217 Å². The molecule has 1 unspecified atom stereocenters. The molecular formula is C25H25F3N6O3S. The summed E-state index contributed by atoms with van der Waals surface area (Å²) >= 11 is 0. The molecule has 0 saturated carbocycles. The van der Waals surface area contributed by atoms with Crippen molar-refractivity contribution >= 4 is 32.8 Å². The minimum absolute atomic E-state index is 0.0807. The number of anilines is 1. The van der Waals surface area contributed by atoms with Gasteiger partial charge in [0, 0.05) is 29.5 Å². The Balaban J connectivity index is 1.72. The third kappa shape index (κ3) is 5.47. The molecule has 0 spiro atoms. The first-order valence-corrected chi connectivity index (χ1v) is 13.0. The number of aromatic nitrogens is 4. The van der Waals surface area contributed by atoms with Gasteiger partial charge in [0.05, 0.1) is 4.90 Å². The lowest BCUT2D eigenvalue weighted by atomic mass is 9.97. The van der Waals surface area contributed by atoms with Gasteiger partial charge in [0.1, 0.15) is 17.9 Å². The second-order valence-corrected chi connectivity index (χ2v) is 10.7. The lowest BCUT2D eigenvalue weighted by Crippen LogP contribution is -2.52. The number of nitrogens with one attached hydrogen (secondary N) is 2.